The van der Waals surface area contributed by atoms with Crippen LogP contribution in [-0.4, -0.2) is 10.5 Å². The number of carbonyl (C=O) groups is 1. The van der Waals surface area contributed by atoms with Crippen LogP contribution in [0.5, 0.6) is 0 Å². The standard InChI is InChI=1S/C25H21ClN2O2/c26-18-13-11-17(12-14-18)24(16-9-10-16)27-23(29)15-28-21-7-3-1-5-19(21)25(30)20-6-2-4-8-22(20)28/h1-8,11-14,16,24H,9-10,15H2,(H,27,29). The summed E-state index contributed by atoms with van der Waals surface area (Å²) >= 11 is 6.03. The summed E-state index contributed by atoms with van der Waals surface area (Å²) in [6.07, 6.45) is 2.22. The lowest BCUT2D eigenvalue weighted by Crippen LogP contribution is -2.33. The van der Waals surface area contributed by atoms with Crippen molar-refractivity contribution < 1.29 is 4.79 Å². The zero-order chi connectivity index (χ0) is 20.7. The molecule has 150 valence electrons. The smallest absolute Gasteiger partial charge is 0.240 e. The summed E-state index contributed by atoms with van der Waals surface area (Å²) in [5, 5.41) is 5.16. The second kappa shape index (κ2) is 7.62. The summed E-state index contributed by atoms with van der Waals surface area (Å²) in [6, 6.07) is 22.6. The summed E-state index contributed by atoms with van der Waals surface area (Å²) in [6.45, 7) is 0.151. The molecule has 1 saturated carbocycles. The molecule has 4 aromatic rings. The summed E-state index contributed by atoms with van der Waals surface area (Å²) < 4.78 is 1.94. The number of carbonyl (C=O) groups excluding carboxylic acids is 1. The first-order valence-electron chi connectivity index (χ1n) is 10.2. The molecule has 0 spiro atoms. The van der Waals surface area contributed by atoms with E-state index >= 15 is 0 Å². The lowest BCUT2D eigenvalue weighted by atomic mass is 10.0. The van der Waals surface area contributed by atoms with Crippen molar-refractivity contribution >= 4 is 39.3 Å². The molecule has 1 aromatic heterocycles. The van der Waals surface area contributed by atoms with Crippen LogP contribution >= 0.6 is 11.6 Å². The van der Waals surface area contributed by atoms with Gasteiger partial charge >= 0.3 is 0 Å². The molecule has 1 aliphatic rings. The van der Waals surface area contributed by atoms with Crippen LogP contribution in [0.3, 0.4) is 0 Å². The van der Waals surface area contributed by atoms with Crippen molar-refractivity contribution in [3.63, 3.8) is 0 Å². The molecule has 5 rings (SSSR count). The molecule has 0 aliphatic heterocycles. The molecular weight excluding hydrogens is 396 g/mol. The van der Waals surface area contributed by atoms with Gasteiger partial charge in [-0.1, -0.05) is 48.0 Å². The van der Waals surface area contributed by atoms with Crippen molar-refractivity contribution in [3.05, 3.63) is 93.6 Å². The number of nitrogens with zero attached hydrogens (tertiary/aromatic N) is 1. The van der Waals surface area contributed by atoms with Crippen LogP contribution in [0.15, 0.2) is 77.6 Å². The van der Waals surface area contributed by atoms with Gasteiger partial charge in [0.2, 0.25) is 5.91 Å². The Bertz CT molecular complexity index is 1250. The SMILES string of the molecule is O=C(Cn1c2ccccc2c(=O)c2ccccc21)NC(c1ccc(Cl)cc1)C1CC1. The first kappa shape index (κ1) is 18.9. The third-order valence-electron chi connectivity index (χ3n) is 5.82. The minimum Gasteiger partial charge on any atom is -0.347 e. The summed E-state index contributed by atoms with van der Waals surface area (Å²) in [7, 11) is 0. The second-order valence-corrected chi connectivity index (χ2v) is 8.32. The van der Waals surface area contributed by atoms with Gasteiger partial charge in [0.15, 0.2) is 5.43 Å². The van der Waals surface area contributed by atoms with Gasteiger partial charge in [-0.25, -0.2) is 0 Å². The lowest BCUT2D eigenvalue weighted by Gasteiger charge is -2.21. The molecule has 1 N–H and O–H groups in total. The number of amides is 1. The summed E-state index contributed by atoms with van der Waals surface area (Å²) in [4.78, 5) is 26.0. The van der Waals surface area contributed by atoms with Gasteiger partial charge in [0.25, 0.3) is 0 Å². The Labute approximate surface area is 179 Å². The van der Waals surface area contributed by atoms with Crippen LogP contribution in [-0.2, 0) is 11.3 Å². The average Bonchev–Trinajstić information content (AvgIpc) is 3.61. The minimum absolute atomic E-state index is 0.00474. The molecule has 1 amide bonds. The Kier molecular flexibility index (Phi) is 4.80. The molecule has 0 bridgehead atoms. The number of fused-ring (bicyclic) bond motifs is 2. The van der Waals surface area contributed by atoms with E-state index in [-0.39, 0.29) is 23.9 Å². The Balaban J connectivity index is 1.51. The van der Waals surface area contributed by atoms with Gasteiger partial charge in [0.05, 0.1) is 17.1 Å². The van der Waals surface area contributed by atoms with E-state index in [1.807, 2.05) is 77.4 Å². The predicted molar refractivity (Wildman–Crippen MR) is 121 cm³/mol. The molecule has 0 saturated heterocycles. The van der Waals surface area contributed by atoms with Crippen molar-refractivity contribution in [1.29, 1.82) is 0 Å². The van der Waals surface area contributed by atoms with Crippen LogP contribution in [0.2, 0.25) is 5.02 Å². The van der Waals surface area contributed by atoms with Crippen molar-refractivity contribution in [2.24, 2.45) is 5.92 Å². The summed E-state index contributed by atoms with van der Waals surface area (Å²) in [5.74, 6) is 0.387. The third-order valence-corrected chi connectivity index (χ3v) is 6.07. The summed E-state index contributed by atoms with van der Waals surface area (Å²) in [5.41, 5.74) is 2.61. The zero-order valence-electron chi connectivity index (χ0n) is 16.3. The average molecular weight is 417 g/mol. The van der Waals surface area contributed by atoms with E-state index < -0.39 is 0 Å². The maximum absolute atomic E-state index is 13.1. The van der Waals surface area contributed by atoms with Crippen LogP contribution in [0.1, 0.15) is 24.4 Å². The molecule has 1 unspecified atom stereocenters. The van der Waals surface area contributed by atoms with Crippen LogP contribution in [0, 0.1) is 5.92 Å². The van der Waals surface area contributed by atoms with E-state index in [9.17, 15) is 9.59 Å². The number of rotatable bonds is 5. The monoisotopic (exact) mass is 416 g/mol. The Morgan fingerprint density at radius 2 is 1.50 bits per heavy atom. The van der Waals surface area contributed by atoms with E-state index in [0.717, 1.165) is 29.4 Å². The maximum Gasteiger partial charge on any atom is 0.240 e. The van der Waals surface area contributed by atoms with Gasteiger partial charge in [-0.05, 0) is 60.7 Å². The van der Waals surface area contributed by atoms with Crippen molar-refractivity contribution in [1.82, 2.24) is 9.88 Å². The highest BCUT2D eigenvalue weighted by Gasteiger charge is 2.33. The molecule has 3 aromatic carbocycles. The lowest BCUT2D eigenvalue weighted by molar-refractivity contribution is -0.122. The fourth-order valence-corrected chi connectivity index (χ4v) is 4.31. The molecular formula is C25H21ClN2O2. The predicted octanol–water partition coefficient (Wildman–Crippen LogP) is 5.08. The van der Waals surface area contributed by atoms with Gasteiger partial charge in [-0.15, -0.1) is 0 Å². The van der Waals surface area contributed by atoms with E-state index in [1.54, 1.807) is 0 Å². The quantitative estimate of drug-likeness (QED) is 0.461. The van der Waals surface area contributed by atoms with E-state index in [0.29, 0.717) is 21.7 Å². The molecule has 4 nitrogen and oxygen atoms in total. The van der Waals surface area contributed by atoms with Crippen molar-refractivity contribution in [2.45, 2.75) is 25.4 Å². The van der Waals surface area contributed by atoms with Crippen LogP contribution in [0.25, 0.3) is 21.8 Å². The Hall–Kier alpha value is -3.11. The number of nitrogens with one attached hydrogen (secondary N) is 1. The molecule has 1 aliphatic carbocycles. The molecule has 0 radical (unpaired) electrons. The van der Waals surface area contributed by atoms with E-state index in [2.05, 4.69) is 5.32 Å². The fourth-order valence-electron chi connectivity index (χ4n) is 4.18. The highest BCUT2D eigenvalue weighted by molar-refractivity contribution is 6.30. The van der Waals surface area contributed by atoms with Gasteiger partial charge in [0.1, 0.15) is 6.54 Å². The number of benzene rings is 3. The largest absolute Gasteiger partial charge is 0.347 e. The topological polar surface area (TPSA) is 51.1 Å². The molecule has 1 atom stereocenters. The number of hydrogen-bond donors (Lipinski definition) is 1. The zero-order valence-corrected chi connectivity index (χ0v) is 17.1. The maximum atomic E-state index is 13.1. The molecule has 30 heavy (non-hydrogen) atoms. The Morgan fingerprint density at radius 3 is 2.07 bits per heavy atom. The number of hydrogen-bond acceptors (Lipinski definition) is 2. The third kappa shape index (κ3) is 3.48. The van der Waals surface area contributed by atoms with Gasteiger partial charge in [-0.2, -0.15) is 0 Å². The fraction of sp³-hybridized carbons (Fsp3) is 0.200. The normalized spacial score (nSPS) is 14.7. The Morgan fingerprint density at radius 1 is 0.933 bits per heavy atom. The molecule has 1 heterocycles. The van der Waals surface area contributed by atoms with Crippen LogP contribution in [0.4, 0.5) is 0 Å². The minimum atomic E-state index is -0.0687. The molecule has 1 fully saturated rings. The van der Waals surface area contributed by atoms with Crippen molar-refractivity contribution in [3.8, 4) is 0 Å². The van der Waals surface area contributed by atoms with Crippen molar-refractivity contribution in [2.75, 3.05) is 0 Å². The first-order chi connectivity index (χ1) is 14.6. The van der Waals surface area contributed by atoms with Gasteiger partial charge in [-0.3, -0.25) is 9.59 Å². The van der Waals surface area contributed by atoms with E-state index in [4.69, 9.17) is 11.6 Å². The number of pyridine rings is 1. The van der Waals surface area contributed by atoms with Gasteiger partial charge in [0, 0.05) is 15.8 Å². The van der Waals surface area contributed by atoms with Crippen LogP contribution < -0.4 is 10.7 Å². The number of halogens is 1. The van der Waals surface area contributed by atoms with E-state index in [1.165, 1.54) is 0 Å². The number of aromatic nitrogens is 1. The highest BCUT2D eigenvalue weighted by atomic mass is 35.5. The highest BCUT2D eigenvalue weighted by Crippen LogP contribution is 2.41. The molecule has 5 heteroatoms. The van der Waals surface area contributed by atoms with Gasteiger partial charge < -0.3 is 9.88 Å². The number of para-hydroxylation sites is 2. The second-order valence-electron chi connectivity index (χ2n) is 7.88. The first-order valence-corrected chi connectivity index (χ1v) is 10.5.